The van der Waals surface area contributed by atoms with Crippen molar-refractivity contribution in [1.82, 2.24) is 4.90 Å². The standard InChI is InChI=1S/C15H20N4O/c16-8-7-15(5-6-15)11-19(10-14(18)20)9-12-3-1-2-4-13(12)17/h1-4H,5-7,9-11,17H2,(H2,18,20). The molecule has 0 heterocycles. The Labute approximate surface area is 119 Å². The lowest BCUT2D eigenvalue weighted by Crippen LogP contribution is -2.37. The Morgan fingerprint density at radius 2 is 2.10 bits per heavy atom. The quantitative estimate of drug-likeness (QED) is 0.730. The molecule has 0 saturated heterocycles. The van der Waals surface area contributed by atoms with E-state index >= 15 is 0 Å². The van der Waals surface area contributed by atoms with Gasteiger partial charge in [0.1, 0.15) is 0 Å². The Hall–Kier alpha value is -2.06. The summed E-state index contributed by atoms with van der Waals surface area (Å²) in [6.07, 6.45) is 2.62. The molecule has 4 N–H and O–H groups in total. The van der Waals surface area contributed by atoms with Crippen LogP contribution in [0.5, 0.6) is 0 Å². The highest BCUT2D eigenvalue weighted by molar-refractivity contribution is 5.76. The van der Waals surface area contributed by atoms with Gasteiger partial charge >= 0.3 is 0 Å². The van der Waals surface area contributed by atoms with Gasteiger partial charge in [0.25, 0.3) is 0 Å². The molecule has 1 aliphatic rings. The third-order valence-corrected chi connectivity index (χ3v) is 3.80. The van der Waals surface area contributed by atoms with E-state index in [0.29, 0.717) is 18.7 Å². The Bertz CT molecular complexity index is 531. The normalized spacial score (nSPS) is 15.8. The Balaban J connectivity index is 2.06. The fourth-order valence-electron chi connectivity index (χ4n) is 2.52. The number of benzene rings is 1. The van der Waals surface area contributed by atoms with Crippen molar-refractivity contribution < 1.29 is 4.79 Å². The monoisotopic (exact) mass is 272 g/mol. The van der Waals surface area contributed by atoms with Crippen LogP contribution in [-0.4, -0.2) is 23.9 Å². The van der Waals surface area contributed by atoms with E-state index in [4.69, 9.17) is 16.7 Å². The van der Waals surface area contributed by atoms with Gasteiger partial charge < -0.3 is 11.5 Å². The van der Waals surface area contributed by atoms with E-state index in [-0.39, 0.29) is 17.9 Å². The Morgan fingerprint density at radius 1 is 1.40 bits per heavy atom. The van der Waals surface area contributed by atoms with Gasteiger partial charge in [-0.3, -0.25) is 9.69 Å². The van der Waals surface area contributed by atoms with Crippen LogP contribution in [-0.2, 0) is 11.3 Å². The van der Waals surface area contributed by atoms with Crippen LogP contribution in [0, 0.1) is 16.7 Å². The molecule has 0 unspecified atom stereocenters. The minimum atomic E-state index is -0.354. The largest absolute Gasteiger partial charge is 0.398 e. The van der Waals surface area contributed by atoms with E-state index < -0.39 is 0 Å². The first kappa shape index (κ1) is 14.4. The molecular weight excluding hydrogens is 252 g/mol. The van der Waals surface area contributed by atoms with Gasteiger partial charge in [-0.1, -0.05) is 18.2 Å². The number of anilines is 1. The minimum absolute atomic E-state index is 0.0493. The molecule has 0 aromatic heterocycles. The minimum Gasteiger partial charge on any atom is -0.398 e. The summed E-state index contributed by atoms with van der Waals surface area (Å²) in [5.74, 6) is -0.354. The molecule has 0 radical (unpaired) electrons. The lowest BCUT2D eigenvalue weighted by Gasteiger charge is -2.25. The summed E-state index contributed by atoms with van der Waals surface area (Å²) in [7, 11) is 0. The van der Waals surface area contributed by atoms with Crippen LogP contribution >= 0.6 is 0 Å². The van der Waals surface area contributed by atoms with Gasteiger partial charge in [0.15, 0.2) is 0 Å². The number of carbonyl (C=O) groups excluding carboxylic acids is 1. The van der Waals surface area contributed by atoms with Crippen LogP contribution in [0.3, 0.4) is 0 Å². The van der Waals surface area contributed by atoms with Crippen molar-refractivity contribution >= 4 is 11.6 Å². The molecular formula is C15H20N4O. The van der Waals surface area contributed by atoms with Crippen molar-refractivity contribution in [3.05, 3.63) is 29.8 Å². The average molecular weight is 272 g/mol. The molecule has 0 bridgehead atoms. The average Bonchev–Trinajstić information content (AvgIpc) is 3.11. The van der Waals surface area contributed by atoms with Crippen molar-refractivity contribution in [2.24, 2.45) is 11.1 Å². The van der Waals surface area contributed by atoms with E-state index in [1.54, 1.807) is 0 Å². The summed E-state index contributed by atoms with van der Waals surface area (Å²) < 4.78 is 0. The maximum Gasteiger partial charge on any atom is 0.231 e. The zero-order chi connectivity index (χ0) is 14.6. The van der Waals surface area contributed by atoms with Crippen LogP contribution in [0.15, 0.2) is 24.3 Å². The van der Waals surface area contributed by atoms with Crippen molar-refractivity contribution in [1.29, 1.82) is 5.26 Å². The molecule has 1 aromatic rings. The summed E-state index contributed by atoms with van der Waals surface area (Å²) in [5.41, 5.74) is 13.0. The highest BCUT2D eigenvalue weighted by atomic mass is 16.1. The molecule has 106 valence electrons. The van der Waals surface area contributed by atoms with Gasteiger partial charge in [0.2, 0.25) is 5.91 Å². The van der Waals surface area contributed by atoms with Crippen molar-refractivity contribution in [3.8, 4) is 6.07 Å². The topological polar surface area (TPSA) is 96.1 Å². The SMILES string of the molecule is N#CCC1(CN(CC(N)=O)Cc2ccccc2N)CC1. The van der Waals surface area contributed by atoms with E-state index in [0.717, 1.165) is 24.9 Å². The number of nitriles is 1. The van der Waals surface area contributed by atoms with Crippen LogP contribution in [0.2, 0.25) is 0 Å². The van der Waals surface area contributed by atoms with Gasteiger partial charge in [-0.05, 0) is 29.9 Å². The van der Waals surface area contributed by atoms with E-state index in [1.165, 1.54) is 0 Å². The molecule has 1 fully saturated rings. The van der Waals surface area contributed by atoms with Gasteiger partial charge in [0, 0.05) is 25.2 Å². The fraction of sp³-hybridized carbons (Fsp3) is 0.467. The predicted octanol–water partition coefficient (Wildman–Crippen LogP) is 1.25. The molecule has 1 aliphatic carbocycles. The molecule has 0 spiro atoms. The fourth-order valence-corrected chi connectivity index (χ4v) is 2.52. The van der Waals surface area contributed by atoms with Gasteiger partial charge in [-0.15, -0.1) is 0 Å². The summed E-state index contributed by atoms with van der Waals surface area (Å²) in [6.45, 7) is 1.50. The summed E-state index contributed by atoms with van der Waals surface area (Å²) in [5, 5.41) is 8.89. The van der Waals surface area contributed by atoms with E-state index in [2.05, 4.69) is 6.07 Å². The predicted molar refractivity (Wildman–Crippen MR) is 77.2 cm³/mol. The molecule has 1 saturated carbocycles. The number of amides is 1. The smallest absolute Gasteiger partial charge is 0.231 e. The van der Waals surface area contributed by atoms with Gasteiger partial charge in [-0.2, -0.15) is 5.26 Å². The number of rotatable bonds is 7. The third kappa shape index (κ3) is 3.72. The first-order valence-corrected chi connectivity index (χ1v) is 6.76. The molecule has 1 amide bonds. The number of nitrogen functional groups attached to an aromatic ring is 1. The number of hydrogen-bond acceptors (Lipinski definition) is 4. The van der Waals surface area contributed by atoms with Gasteiger partial charge in [0.05, 0.1) is 12.6 Å². The Morgan fingerprint density at radius 3 is 2.65 bits per heavy atom. The number of carbonyl (C=O) groups is 1. The molecule has 0 aliphatic heterocycles. The lowest BCUT2D eigenvalue weighted by atomic mass is 10.0. The first-order valence-electron chi connectivity index (χ1n) is 6.76. The third-order valence-electron chi connectivity index (χ3n) is 3.80. The molecule has 0 atom stereocenters. The summed E-state index contributed by atoms with van der Waals surface area (Å²) in [6, 6.07) is 9.85. The van der Waals surface area contributed by atoms with E-state index in [1.807, 2.05) is 29.2 Å². The highest BCUT2D eigenvalue weighted by Crippen LogP contribution is 2.49. The zero-order valence-electron chi connectivity index (χ0n) is 11.5. The second kappa shape index (κ2) is 5.93. The van der Waals surface area contributed by atoms with Gasteiger partial charge in [-0.25, -0.2) is 0 Å². The van der Waals surface area contributed by atoms with Crippen molar-refractivity contribution in [2.45, 2.75) is 25.8 Å². The highest BCUT2D eigenvalue weighted by Gasteiger charge is 2.43. The maximum atomic E-state index is 11.2. The summed E-state index contributed by atoms with van der Waals surface area (Å²) >= 11 is 0. The molecule has 5 heteroatoms. The van der Waals surface area contributed by atoms with Crippen LogP contribution in [0.4, 0.5) is 5.69 Å². The maximum absolute atomic E-state index is 11.2. The molecule has 20 heavy (non-hydrogen) atoms. The zero-order valence-corrected chi connectivity index (χ0v) is 11.5. The van der Waals surface area contributed by atoms with Crippen LogP contribution in [0.1, 0.15) is 24.8 Å². The number of hydrogen-bond donors (Lipinski definition) is 2. The van der Waals surface area contributed by atoms with Crippen LogP contribution in [0.25, 0.3) is 0 Å². The molecule has 5 nitrogen and oxygen atoms in total. The number of nitrogens with two attached hydrogens (primary N) is 2. The van der Waals surface area contributed by atoms with Crippen molar-refractivity contribution in [2.75, 3.05) is 18.8 Å². The molecule has 1 aromatic carbocycles. The summed E-state index contributed by atoms with van der Waals surface area (Å²) in [4.78, 5) is 13.2. The second-order valence-corrected chi connectivity index (χ2v) is 5.65. The van der Waals surface area contributed by atoms with E-state index in [9.17, 15) is 4.79 Å². The molecule has 2 rings (SSSR count). The lowest BCUT2D eigenvalue weighted by molar-refractivity contribution is -0.119. The van der Waals surface area contributed by atoms with Crippen molar-refractivity contribution in [3.63, 3.8) is 0 Å². The van der Waals surface area contributed by atoms with Crippen LogP contribution < -0.4 is 11.5 Å². The number of para-hydroxylation sites is 1. The number of nitrogens with zero attached hydrogens (tertiary/aromatic N) is 2. The number of primary amides is 1. The Kier molecular flexibility index (Phi) is 4.26. The first-order chi connectivity index (χ1) is 9.54. The second-order valence-electron chi connectivity index (χ2n) is 5.65.